The van der Waals surface area contributed by atoms with Crippen molar-refractivity contribution in [2.45, 2.75) is 39.5 Å². The minimum atomic E-state index is -0.951. The zero-order valence-electron chi connectivity index (χ0n) is 15.8. The van der Waals surface area contributed by atoms with Gasteiger partial charge in [0.2, 0.25) is 0 Å². The van der Waals surface area contributed by atoms with Gasteiger partial charge in [-0.15, -0.1) is 0 Å². The third-order valence-electron chi connectivity index (χ3n) is 4.83. The third kappa shape index (κ3) is 4.58. The summed E-state index contributed by atoms with van der Waals surface area (Å²) in [5.74, 6) is -3.18. The molecule has 1 heterocycles. The normalized spacial score (nSPS) is 11.1. The van der Waals surface area contributed by atoms with Crippen LogP contribution in [0.25, 0.3) is 0 Å². The number of rotatable bonds is 6. The Balaban J connectivity index is 1.70. The van der Waals surface area contributed by atoms with Crippen molar-refractivity contribution in [3.8, 4) is 0 Å². The molecule has 0 unspecified atom stereocenters. The van der Waals surface area contributed by atoms with E-state index in [1.807, 2.05) is 19.1 Å². The number of benzene rings is 2. The summed E-state index contributed by atoms with van der Waals surface area (Å²) in [5.41, 5.74) is 2.59. The van der Waals surface area contributed by atoms with Crippen molar-refractivity contribution in [1.29, 1.82) is 0 Å². The van der Waals surface area contributed by atoms with Gasteiger partial charge in [0.15, 0.2) is 11.6 Å². The van der Waals surface area contributed by atoms with E-state index in [-0.39, 0.29) is 29.5 Å². The molecule has 2 aromatic carbocycles. The fourth-order valence-electron chi connectivity index (χ4n) is 3.17. The molecule has 0 spiro atoms. The highest BCUT2D eigenvalue weighted by molar-refractivity contribution is 5.30. The second-order valence-corrected chi connectivity index (χ2v) is 7.03. The Morgan fingerprint density at radius 2 is 1.29 bits per heavy atom. The van der Waals surface area contributed by atoms with Crippen LogP contribution in [-0.4, -0.2) is 4.98 Å². The molecule has 0 saturated carbocycles. The minimum Gasteiger partial charge on any atom is -0.261 e. The van der Waals surface area contributed by atoms with Crippen molar-refractivity contribution >= 4 is 0 Å². The predicted molar refractivity (Wildman–Crippen MR) is 101 cm³/mol. The quantitative estimate of drug-likeness (QED) is 0.485. The van der Waals surface area contributed by atoms with Gasteiger partial charge in [-0.05, 0) is 80.0 Å². The van der Waals surface area contributed by atoms with Crippen molar-refractivity contribution < 1.29 is 17.6 Å². The Hall–Kier alpha value is -2.69. The zero-order chi connectivity index (χ0) is 20.3. The Morgan fingerprint density at radius 1 is 0.714 bits per heavy atom. The smallest absolute Gasteiger partial charge is 0.162 e. The second kappa shape index (κ2) is 8.55. The van der Waals surface area contributed by atoms with Gasteiger partial charge in [-0.25, -0.2) is 17.6 Å². The van der Waals surface area contributed by atoms with Gasteiger partial charge in [-0.1, -0.05) is 18.2 Å². The van der Waals surface area contributed by atoms with E-state index in [4.69, 9.17) is 0 Å². The molecule has 0 radical (unpaired) electrons. The SMILES string of the molecule is Cc1cc(F)c(CCc2ccc(CCc3ccc(C)nc3)c(F)c2F)c(F)c1. The number of hydrogen-bond donors (Lipinski definition) is 0. The van der Waals surface area contributed by atoms with Crippen molar-refractivity contribution in [2.24, 2.45) is 0 Å². The van der Waals surface area contributed by atoms with Crippen LogP contribution in [0, 0.1) is 37.1 Å². The van der Waals surface area contributed by atoms with E-state index in [0.717, 1.165) is 11.3 Å². The lowest BCUT2D eigenvalue weighted by molar-refractivity contribution is 0.487. The summed E-state index contributed by atoms with van der Waals surface area (Å²) in [6.07, 6.45) is 2.59. The van der Waals surface area contributed by atoms with E-state index in [2.05, 4.69) is 4.98 Å². The molecule has 1 aromatic heterocycles. The molecule has 3 rings (SSSR count). The number of aryl methyl sites for hydroxylation is 5. The molecule has 0 aliphatic carbocycles. The molecule has 0 aliphatic rings. The van der Waals surface area contributed by atoms with Crippen LogP contribution < -0.4 is 0 Å². The number of halogens is 4. The Kier molecular flexibility index (Phi) is 6.12. The van der Waals surface area contributed by atoms with Gasteiger partial charge in [0, 0.05) is 17.5 Å². The van der Waals surface area contributed by atoms with E-state index in [0.29, 0.717) is 18.4 Å². The molecule has 0 N–H and O–H groups in total. The van der Waals surface area contributed by atoms with Crippen LogP contribution >= 0.6 is 0 Å². The van der Waals surface area contributed by atoms with Crippen molar-refractivity contribution in [3.05, 3.63) is 99.4 Å². The van der Waals surface area contributed by atoms with Crippen molar-refractivity contribution in [3.63, 3.8) is 0 Å². The van der Waals surface area contributed by atoms with E-state index in [1.54, 1.807) is 13.1 Å². The highest BCUT2D eigenvalue weighted by Gasteiger charge is 2.16. The average molecular weight is 387 g/mol. The topological polar surface area (TPSA) is 12.9 Å². The molecule has 28 heavy (non-hydrogen) atoms. The first-order valence-corrected chi connectivity index (χ1v) is 9.17. The van der Waals surface area contributed by atoms with E-state index in [1.165, 1.54) is 24.3 Å². The number of hydrogen-bond acceptors (Lipinski definition) is 1. The first-order chi connectivity index (χ1) is 13.3. The highest BCUT2D eigenvalue weighted by atomic mass is 19.2. The van der Waals surface area contributed by atoms with Gasteiger partial charge in [0.05, 0.1) is 0 Å². The van der Waals surface area contributed by atoms with Crippen LogP contribution in [0.2, 0.25) is 0 Å². The molecule has 5 heteroatoms. The Bertz CT molecular complexity index is 958. The minimum absolute atomic E-state index is 0.0157. The molecule has 0 fully saturated rings. The van der Waals surface area contributed by atoms with Crippen LogP contribution in [0.15, 0.2) is 42.6 Å². The Labute approximate surface area is 162 Å². The third-order valence-corrected chi connectivity index (χ3v) is 4.83. The highest BCUT2D eigenvalue weighted by Crippen LogP contribution is 2.22. The molecule has 0 amide bonds. The first-order valence-electron chi connectivity index (χ1n) is 9.17. The first kappa shape index (κ1) is 20.1. The standard InChI is InChI=1S/C23H21F4N/c1-14-11-20(24)19(21(25)12-14)10-9-18-8-7-17(22(26)23(18)27)6-5-16-4-3-15(2)28-13-16/h3-4,7-8,11-13H,5-6,9-10H2,1-2H3. The van der Waals surface area contributed by atoms with Crippen LogP contribution in [0.1, 0.15) is 33.5 Å². The van der Waals surface area contributed by atoms with Crippen LogP contribution in [0.4, 0.5) is 17.6 Å². The molecular weight excluding hydrogens is 366 g/mol. The molecule has 0 atom stereocenters. The van der Waals surface area contributed by atoms with Crippen molar-refractivity contribution in [1.82, 2.24) is 4.98 Å². The van der Waals surface area contributed by atoms with Gasteiger partial charge in [-0.2, -0.15) is 0 Å². The monoisotopic (exact) mass is 387 g/mol. The summed E-state index contributed by atoms with van der Waals surface area (Å²) < 4.78 is 56.7. The van der Waals surface area contributed by atoms with Gasteiger partial charge >= 0.3 is 0 Å². The largest absolute Gasteiger partial charge is 0.261 e. The molecule has 3 aromatic rings. The van der Waals surface area contributed by atoms with Gasteiger partial charge < -0.3 is 0 Å². The fourth-order valence-corrected chi connectivity index (χ4v) is 3.17. The zero-order valence-corrected chi connectivity index (χ0v) is 15.8. The maximum atomic E-state index is 14.4. The molecule has 0 saturated heterocycles. The van der Waals surface area contributed by atoms with E-state index < -0.39 is 23.3 Å². The van der Waals surface area contributed by atoms with E-state index >= 15 is 0 Å². The molecule has 1 nitrogen and oxygen atoms in total. The van der Waals surface area contributed by atoms with Crippen molar-refractivity contribution in [2.75, 3.05) is 0 Å². The average Bonchev–Trinajstić information content (AvgIpc) is 2.64. The molecular formula is C23H21F4N. The van der Waals surface area contributed by atoms with Crippen LogP contribution in [0.3, 0.4) is 0 Å². The fraction of sp³-hybridized carbons (Fsp3) is 0.261. The maximum Gasteiger partial charge on any atom is 0.162 e. The number of nitrogens with zero attached hydrogens (tertiary/aromatic N) is 1. The Morgan fingerprint density at radius 3 is 1.82 bits per heavy atom. The van der Waals surface area contributed by atoms with Crippen LogP contribution in [-0.2, 0) is 25.7 Å². The predicted octanol–water partition coefficient (Wildman–Crippen LogP) is 5.83. The summed E-state index contributed by atoms with van der Waals surface area (Å²) in [5, 5.41) is 0. The lowest BCUT2D eigenvalue weighted by Crippen LogP contribution is -2.05. The summed E-state index contributed by atoms with van der Waals surface area (Å²) in [7, 11) is 0. The lowest BCUT2D eigenvalue weighted by Gasteiger charge is -2.10. The van der Waals surface area contributed by atoms with E-state index in [9.17, 15) is 17.6 Å². The summed E-state index contributed by atoms with van der Waals surface area (Å²) >= 11 is 0. The summed E-state index contributed by atoms with van der Waals surface area (Å²) in [6.45, 7) is 3.47. The molecule has 0 aliphatic heterocycles. The number of pyridine rings is 1. The van der Waals surface area contributed by atoms with Gasteiger partial charge in [0.1, 0.15) is 11.6 Å². The number of aromatic nitrogens is 1. The molecule has 0 bridgehead atoms. The summed E-state index contributed by atoms with van der Waals surface area (Å²) in [4.78, 5) is 4.19. The summed E-state index contributed by atoms with van der Waals surface area (Å²) in [6, 6.07) is 9.29. The maximum absolute atomic E-state index is 14.4. The van der Waals surface area contributed by atoms with Gasteiger partial charge in [0.25, 0.3) is 0 Å². The molecule has 146 valence electrons. The second-order valence-electron chi connectivity index (χ2n) is 7.03. The van der Waals surface area contributed by atoms with Crippen LogP contribution in [0.5, 0.6) is 0 Å². The lowest BCUT2D eigenvalue weighted by atomic mass is 9.98. The van der Waals surface area contributed by atoms with Gasteiger partial charge in [-0.3, -0.25) is 4.98 Å².